The largest absolute Gasteiger partial charge is 0.291 e. The molecule has 0 fully saturated rings. The predicted octanol–water partition coefficient (Wildman–Crippen LogP) is 1.98. The average molecular weight is 202 g/mol. The minimum Gasteiger partial charge on any atom is -0.291 e. The topological polar surface area (TPSA) is 64.7 Å². The van der Waals surface area contributed by atoms with Gasteiger partial charge in [-0.3, -0.25) is 4.79 Å². The molecule has 0 heterocycles. The van der Waals surface area contributed by atoms with E-state index >= 15 is 0 Å². The number of hydrogen-bond acceptors (Lipinski definition) is 3. The van der Waals surface area contributed by atoms with Crippen LogP contribution in [-0.2, 0) is 0 Å². The molecule has 3 nitrogen and oxygen atoms in total. The number of rotatable bonds is 2. The van der Waals surface area contributed by atoms with Gasteiger partial charge in [-0.2, -0.15) is 10.5 Å². The Balaban J connectivity index is 3.14. The van der Waals surface area contributed by atoms with E-state index in [1.165, 1.54) is 12.1 Å². The molecule has 4 heteroatoms. The first-order valence-electron chi connectivity index (χ1n) is 4.19. The normalized spacial score (nSPS) is 9.40. The van der Waals surface area contributed by atoms with Gasteiger partial charge in [0.25, 0.3) is 0 Å². The SMILES string of the molecule is Cc1cc(F)ccc1C(=O)C(C#N)C#N. The number of nitrogens with zero attached hydrogens (tertiary/aromatic N) is 2. The smallest absolute Gasteiger partial charge is 0.195 e. The van der Waals surface area contributed by atoms with Crippen LogP contribution in [0.5, 0.6) is 0 Å². The third kappa shape index (κ3) is 2.18. The van der Waals surface area contributed by atoms with Crippen molar-refractivity contribution in [3.63, 3.8) is 0 Å². The molecule has 1 rings (SSSR count). The molecule has 0 unspecified atom stereocenters. The molecule has 0 saturated heterocycles. The Hall–Kier alpha value is -2.20. The highest BCUT2D eigenvalue weighted by Gasteiger charge is 2.20. The average Bonchev–Trinajstić information content (AvgIpc) is 2.19. The van der Waals surface area contributed by atoms with Crippen molar-refractivity contribution in [1.29, 1.82) is 10.5 Å². The zero-order valence-electron chi connectivity index (χ0n) is 7.99. The molecule has 74 valence electrons. The number of carbonyl (C=O) groups excluding carboxylic acids is 1. The third-order valence-corrected chi connectivity index (χ3v) is 1.97. The lowest BCUT2D eigenvalue weighted by atomic mass is 9.96. The number of aryl methyl sites for hydroxylation is 1. The molecule has 1 aromatic carbocycles. The Bertz CT molecular complexity index is 468. The lowest BCUT2D eigenvalue weighted by molar-refractivity contribution is 0.0970. The molecule has 0 aromatic heterocycles. The van der Waals surface area contributed by atoms with Gasteiger partial charge in [0.05, 0.1) is 12.1 Å². The van der Waals surface area contributed by atoms with Gasteiger partial charge < -0.3 is 0 Å². The van der Waals surface area contributed by atoms with Crippen LogP contribution >= 0.6 is 0 Å². The lowest BCUT2D eigenvalue weighted by Crippen LogP contribution is -2.12. The van der Waals surface area contributed by atoms with Crippen LogP contribution in [0, 0.1) is 41.3 Å². The Labute approximate surface area is 86.4 Å². The summed E-state index contributed by atoms with van der Waals surface area (Å²) >= 11 is 0. The van der Waals surface area contributed by atoms with E-state index in [0.29, 0.717) is 5.56 Å². The van der Waals surface area contributed by atoms with Crippen LogP contribution in [0.1, 0.15) is 15.9 Å². The van der Waals surface area contributed by atoms with E-state index in [9.17, 15) is 9.18 Å². The summed E-state index contributed by atoms with van der Waals surface area (Å²) in [7, 11) is 0. The van der Waals surface area contributed by atoms with E-state index in [2.05, 4.69) is 0 Å². The maximum Gasteiger partial charge on any atom is 0.195 e. The van der Waals surface area contributed by atoms with E-state index in [-0.39, 0.29) is 5.56 Å². The predicted molar refractivity (Wildman–Crippen MR) is 50.2 cm³/mol. The summed E-state index contributed by atoms with van der Waals surface area (Å²) in [5.41, 5.74) is 0.639. The van der Waals surface area contributed by atoms with Crippen LogP contribution in [0.4, 0.5) is 4.39 Å². The van der Waals surface area contributed by atoms with Crippen molar-refractivity contribution in [2.75, 3.05) is 0 Å². The van der Waals surface area contributed by atoms with Gasteiger partial charge in [-0.05, 0) is 30.7 Å². The molecule has 0 saturated carbocycles. The van der Waals surface area contributed by atoms with E-state index in [4.69, 9.17) is 10.5 Å². The fourth-order valence-electron chi connectivity index (χ4n) is 1.21. The summed E-state index contributed by atoms with van der Waals surface area (Å²) in [5.74, 6) is -2.36. The third-order valence-electron chi connectivity index (χ3n) is 1.97. The van der Waals surface area contributed by atoms with E-state index in [1.807, 2.05) is 0 Å². The highest BCUT2D eigenvalue weighted by atomic mass is 19.1. The van der Waals surface area contributed by atoms with Crippen LogP contribution in [0.15, 0.2) is 18.2 Å². The van der Waals surface area contributed by atoms with Crippen LogP contribution in [-0.4, -0.2) is 5.78 Å². The molecule has 0 aliphatic carbocycles. The maximum atomic E-state index is 12.7. The Kier molecular flexibility index (Phi) is 3.15. The molecule has 0 spiro atoms. The van der Waals surface area contributed by atoms with E-state index in [1.54, 1.807) is 19.1 Å². The second-order valence-electron chi connectivity index (χ2n) is 3.01. The number of halogens is 1. The first kappa shape index (κ1) is 10.9. The highest BCUT2D eigenvalue weighted by Crippen LogP contribution is 2.14. The fourth-order valence-corrected chi connectivity index (χ4v) is 1.21. The van der Waals surface area contributed by atoms with Crippen molar-refractivity contribution in [3.05, 3.63) is 35.1 Å². The van der Waals surface area contributed by atoms with Crippen LogP contribution < -0.4 is 0 Å². The Morgan fingerprint density at radius 1 is 1.40 bits per heavy atom. The molecular weight excluding hydrogens is 195 g/mol. The summed E-state index contributed by atoms with van der Waals surface area (Å²) in [6.45, 7) is 1.56. The summed E-state index contributed by atoms with van der Waals surface area (Å²) in [4.78, 5) is 11.6. The van der Waals surface area contributed by atoms with Crippen molar-refractivity contribution in [1.82, 2.24) is 0 Å². The van der Waals surface area contributed by atoms with E-state index in [0.717, 1.165) is 6.07 Å². The van der Waals surface area contributed by atoms with Crippen LogP contribution in [0.3, 0.4) is 0 Å². The molecule has 0 N–H and O–H groups in total. The number of hydrogen-bond donors (Lipinski definition) is 0. The zero-order chi connectivity index (χ0) is 11.4. The summed E-state index contributed by atoms with van der Waals surface area (Å²) in [5, 5.41) is 17.1. The number of nitriles is 2. The molecule has 0 atom stereocenters. The Morgan fingerprint density at radius 3 is 2.47 bits per heavy atom. The first-order valence-corrected chi connectivity index (χ1v) is 4.19. The summed E-state index contributed by atoms with van der Waals surface area (Å²) in [6, 6.07) is 6.79. The molecule has 0 amide bonds. The van der Waals surface area contributed by atoms with Crippen molar-refractivity contribution < 1.29 is 9.18 Å². The molecule has 15 heavy (non-hydrogen) atoms. The van der Waals surface area contributed by atoms with Gasteiger partial charge in [-0.15, -0.1) is 0 Å². The fraction of sp³-hybridized carbons (Fsp3) is 0.182. The maximum absolute atomic E-state index is 12.7. The van der Waals surface area contributed by atoms with Gasteiger partial charge in [0.2, 0.25) is 0 Å². The first-order chi connectivity index (χ1) is 7.10. The Morgan fingerprint density at radius 2 is 2.00 bits per heavy atom. The van der Waals surface area contributed by atoms with Crippen LogP contribution in [0.2, 0.25) is 0 Å². The summed E-state index contributed by atoms with van der Waals surface area (Å²) < 4.78 is 12.7. The lowest BCUT2D eigenvalue weighted by Gasteiger charge is -2.04. The van der Waals surface area contributed by atoms with E-state index < -0.39 is 17.5 Å². The second kappa shape index (κ2) is 4.34. The molecular formula is C11H7FN2O. The minimum atomic E-state index is -1.32. The molecule has 0 aliphatic heterocycles. The number of carbonyl (C=O) groups is 1. The monoisotopic (exact) mass is 202 g/mol. The van der Waals surface area contributed by atoms with Gasteiger partial charge in [-0.1, -0.05) is 0 Å². The van der Waals surface area contributed by atoms with Crippen molar-refractivity contribution in [2.24, 2.45) is 5.92 Å². The zero-order valence-corrected chi connectivity index (χ0v) is 7.99. The number of ketones is 1. The van der Waals surface area contributed by atoms with Gasteiger partial charge in [0.15, 0.2) is 11.7 Å². The second-order valence-corrected chi connectivity index (χ2v) is 3.01. The van der Waals surface area contributed by atoms with Gasteiger partial charge in [-0.25, -0.2) is 4.39 Å². The number of Topliss-reactive ketones (excluding diaryl/α,β-unsaturated/α-hetero) is 1. The molecule has 0 aliphatic rings. The molecule has 0 radical (unpaired) electrons. The van der Waals surface area contributed by atoms with Crippen molar-refractivity contribution >= 4 is 5.78 Å². The standard InChI is InChI=1S/C11H7FN2O/c1-7-4-9(12)2-3-10(7)11(15)8(5-13)6-14/h2-4,8H,1H3. The van der Waals surface area contributed by atoms with Gasteiger partial charge >= 0.3 is 0 Å². The van der Waals surface area contributed by atoms with Gasteiger partial charge in [0, 0.05) is 5.56 Å². The van der Waals surface area contributed by atoms with Crippen molar-refractivity contribution in [2.45, 2.75) is 6.92 Å². The van der Waals surface area contributed by atoms with Crippen molar-refractivity contribution in [3.8, 4) is 12.1 Å². The molecule has 0 bridgehead atoms. The van der Waals surface area contributed by atoms with Gasteiger partial charge in [0.1, 0.15) is 5.82 Å². The quantitative estimate of drug-likeness (QED) is 0.688. The number of benzene rings is 1. The highest BCUT2D eigenvalue weighted by molar-refractivity contribution is 6.02. The molecule has 1 aromatic rings. The summed E-state index contributed by atoms with van der Waals surface area (Å²) in [6.07, 6.45) is 0. The van der Waals surface area contributed by atoms with Crippen LogP contribution in [0.25, 0.3) is 0 Å². The minimum absolute atomic E-state index is 0.213.